The lowest BCUT2D eigenvalue weighted by Gasteiger charge is -2.35. The summed E-state index contributed by atoms with van der Waals surface area (Å²) in [6.45, 7) is 9.02. The number of fused-ring (bicyclic) bond motifs is 1. The van der Waals surface area contributed by atoms with Crippen molar-refractivity contribution in [2.75, 3.05) is 37.6 Å². The molecule has 4 nitrogen and oxygen atoms in total. The molecular weight excluding hydrogens is 346 g/mol. The van der Waals surface area contributed by atoms with Crippen LogP contribution in [0.15, 0.2) is 42.5 Å². The van der Waals surface area contributed by atoms with Gasteiger partial charge in [0.2, 0.25) is 0 Å². The van der Waals surface area contributed by atoms with Gasteiger partial charge in [0.05, 0.1) is 32.2 Å². The Morgan fingerprint density at radius 1 is 1.11 bits per heavy atom. The van der Waals surface area contributed by atoms with Crippen molar-refractivity contribution >= 4 is 11.6 Å². The average Bonchev–Trinajstić information content (AvgIpc) is 2.71. The number of benzene rings is 2. The molecule has 148 valence electrons. The molecule has 1 heterocycles. The van der Waals surface area contributed by atoms with Crippen LogP contribution in [-0.2, 0) is 11.2 Å². The Bertz CT molecular complexity index is 839. The van der Waals surface area contributed by atoms with Crippen molar-refractivity contribution < 1.29 is 9.69 Å². The Hall–Kier alpha value is -2.33. The third-order valence-electron chi connectivity index (χ3n) is 6.50. The molecule has 2 N–H and O–H groups in total. The summed E-state index contributed by atoms with van der Waals surface area (Å²) in [4.78, 5) is 16.6. The number of quaternary nitrogens is 1. The number of piperazine rings is 1. The minimum absolute atomic E-state index is 0.188. The summed E-state index contributed by atoms with van der Waals surface area (Å²) in [5.74, 6) is 0.192. The molecular formula is C24H32N3O+. The van der Waals surface area contributed by atoms with Crippen LogP contribution in [0.4, 0.5) is 5.69 Å². The van der Waals surface area contributed by atoms with E-state index in [1.165, 1.54) is 32.8 Å². The van der Waals surface area contributed by atoms with Crippen LogP contribution in [0.5, 0.6) is 0 Å². The van der Waals surface area contributed by atoms with Crippen molar-refractivity contribution in [3.8, 4) is 0 Å². The van der Waals surface area contributed by atoms with Crippen molar-refractivity contribution in [1.82, 2.24) is 5.32 Å². The van der Waals surface area contributed by atoms with E-state index in [-0.39, 0.29) is 11.9 Å². The van der Waals surface area contributed by atoms with Gasteiger partial charge in [-0.3, -0.25) is 4.79 Å². The van der Waals surface area contributed by atoms with E-state index in [0.29, 0.717) is 6.54 Å². The molecule has 1 saturated heterocycles. The number of aryl methyl sites for hydroxylation is 2. The molecule has 0 spiro atoms. The molecule has 4 heteroatoms. The zero-order valence-electron chi connectivity index (χ0n) is 17.1. The van der Waals surface area contributed by atoms with E-state index < -0.39 is 0 Å². The molecule has 0 unspecified atom stereocenters. The SMILES string of the molecule is Cc1cccc(N2CC[NH+](CC(=O)N[C@@H]3CCCc4ccccc43)CC2)c1C. The van der Waals surface area contributed by atoms with Crippen LogP contribution in [0.1, 0.15) is 41.1 Å². The summed E-state index contributed by atoms with van der Waals surface area (Å²) in [5, 5.41) is 3.31. The van der Waals surface area contributed by atoms with Crippen molar-refractivity contribution in [2.24, 2.45) is 0 Å². The predicted octanol–water partition coefficient (Wildman–Crippen LogP) is 2.20. The number of rotatable bonds is 4. The van der Waals surface area contributed by atoms with Crippen molar-refractivity contribution in [2.45, 2.75) is 39.2 Å². The van der Waals surface area contributed by atoms with Crippen LogP contribution < -0.4 is 15.1 Å². The van der Waals surface area contributed by atoms with Crippen LogP contribution in [0.3, 0.4) is 0 Å². The zero-order chi connectivity index (χ0) is 19.5. The lowest BCUT2D eigenvalue weighted by atomic mass is 9.88. The van der Waals surface area contributed by atoms with Gasteiger partial charge >= 0.3 is 0 Å². The topological polar surface area (TPSA) is 36.8 Å². The van der Waals surface area contributed by atoms with Crippen molar-refractivity contribution in [3.63, 3.8) is 0 Å². The van der Waals surface area contributed by atoms with Gasteiger partial charge in [-0.25, -0.2) is 0 Å². The second-order valence-corrected chi connectivity index (χ2v) is 8.34. The first-order valence-electron chi connectivity index (χ1n) is 10.6. The molecule has 1 aliphatic carbocycles. The Labute approximate surface area is 168 Å². The third-order valence-corrected chi connectivity index (χ3v) is 6.50. The Morgan fingerprint density at radius 2 is 1.89 bits per heavy atom. The highest BCUT2D eigenvalue weighted by Crippen LogP contribution is 2.29. The molecule has 1 fully saturated rings. The first-order valence-corrected chi connectivity index (χ1v) is 10.6. The highest BCUT2D eigenvalue weighted by Gasteiger charge is 2.26. The van der Waals surface area contributed by atoms with Gasteiger partial charge in [0, 0.05) is 5.69 Å². The molecule has 1 aliphatic heterocycles. The molecule has 0 aromatic heterocycles. The summed E-state index contributed by atoms with van der Waals surface area (Å²) in [7, 11) is 0. The number of anilines is 1. The van der Waals surface area contributed by atoms with Gasteiger partial charge in [0.25, 0.3) is 5.91 Å². The standard InChI is InChI=1S/C24H31N3O/c1-18-7-5-12-23(19(18)2)27-15-13-26(14-16-27)17-24(28)25-22-11-6-9-20-8-3-4-10-21(20)22/h3-5,7-8,10,12,22H,6,9,11,13-17H2,1-2H3,(H,25,28)/p+1/t22-/m1/s1. The van der Waals surface area contributed by atoms with Crippen LogP contribution in [0.25, 0.3) is 0 Å². The third kappa shape index (κ3) is 4.07. The number of amides is 1. The maximum absolute atomic E-state index is 12.7. The number of carbonyl (C=O) groups is 1. The number of nitrogens with one attached hydrogen (secondary N) is 2. The molecule has 2 aliphatic rings. The first-order chi connectivity index (χ1) is 13.6. The van der Waals surface area contributed by atoms with Gasteiger partial charge in [0.15, 0.2) is 6.54 Å². The number of carbonyl (C=O) groups excluding carboxylic acids is 1. The van der Waals surface area contributed by atoms with Crippen molar-refractivity contribution in [3.05, 3.63) is 64.7 Å². The van der Waals surface area contributed by atoms with Crippen LogP contribution in [-0.4, -0.2) is 38.6 Å². The maximum atomic E-state index is 12.7. The second kappa shape index (κ2) is 8.36. The Kier molecular flexibility index (Phi) is 5.67. The molecule has 1 atom stereocenters. The fourth-order valence-corrected chi connectivity index (χ4v) is 4.70. The van der Waals surface area contributed by atoms with Gasteiger partial charge in [-0.1, -0.05) is 36.4 Å². The zero-order valence-corrected chi connectivity index (χ0v) is 17.1. The van der Waals surface area contributed by atoms with E-state index in [0.717, 1.165) is 45.4 Å². The van der Waals surface area contributed by atoms with Crippen LogP contribution >= 0.6 is 0 Å². The highest BCUT2D eigenvalue weighted by atomic mass is 16.2. The number of hydrogen-bond acceptors (Lipinski definition) is 2. The maximum Gasteiger partial charge on any atom is 0.275 e. The van der Waals surface area contributed by atoms with Crippen LogP contribution in [0.2, 0.25) is 0 Å². The van der Waals surface area contributed by atoms with Gasteiger partial charge < -0.3 is 15.1 Å². The van der Waals surface area contributed by atoms with E-state index in [1.807, 2.05) is 0 Å². The largest absolute Gasteiger partial charge is 0.360 e. The number of hydrogen-bond donors (Lipinski definition) is 2. The Balaban J connectivity index is 1.31. The smallest absolute Gasteiger partial charge is 0.275 e. The van der Waals surface area contributed by atoms with E-state index in [2.05, 4.69) is 66.5 Å². The molecule has 0 bridgehead atoms. The first kappa shape index (κ1) is 19.0. The fourth-order valence-electron chi connectivity index (χ4n) is 4.70. The van der Waals surface area contributed by atoms with Crippen LogP contribution in [0, 0.1) is 13.8 Å². The molecule has 2 aromatic carbocycles. The summed E-state index contributed by atoms with van der Waals surface area (Å²) in [5.41, 5.74) is 6.78. The average molecular weight is 379 g/mol. The molecule has 1 amide bonds. The summed E-state index contributed by atoms with van der Waals surface area (Å²) in [6.07, 6.45) is 3.34. The minimum Gasteiger partial charge on any atom is -0.360 e. The molecule has 4 rings (SSSR count). The van der Waals surface area contributed by atoms with E-state index >= 15 is 0 Å². The van der Waals surface area contributed by atoms with E-state index in [1.54, 1.807) is 0 Å². The van der Waals surface area contributed by atoms with Gasteiger partial charge in [0.1, 0.15) is 0 Å². The monoisotopic (exact) mass is 378 g/mol. The number of nitrogens with zero attached hydrogens (tertiary/aromatic N) is 1. The molecule has 28 heavy (non-hydrogen) atoms. The van der Waals surface area contributed by atoms with E-state index in [9.17, 15) is 4.79 Å². The second-order valence-electron chi connectivity index (χ2n) is 8.34. The predicted molar refractivity (Wildman–Crippen MR) is 114 cm³/mol. The van der Waals surface area contributed by atoms with Gasteiger partial charge in [-0.15, -0.1) is 0 Å². The lowest BCUT2D eigenvalue weighted by Crippen LogP contribution is -3.16. The summed E-state index contributed by atoms with van der Waals surface area (Å²) >= 11 is 0. The highest BCUT2D eigenvalue weighted by molar-refractivity contribution is 5.77. The molecule has 0 radical (unpaired) electrons. The summed E-state index contributed by atoms with van der Waals surface area (Å²) < 4.78 is 0. The molecule has 0 saturated carbocycles. The normalized spacial score (nSPS) is 19.9. The van der Waals surface area contributed by atoms with Gasteiger partial charge in [-0.05, 0) is 61.4 Å². The van der Waals surface area contributed by atoms with Crippen molar-refractivity contribution in [1.29, 1.82) is 0 Å². The van der Waals surface area contributed by atoms with E-state index in [4.69, 9.17) is 0 Å². The molecule has 2 aromatic rings. The Morgan fingerprint density at radius 3 is 2.71 bits per heavy atom. The minimum atomic E-state index is 0.188. The quantitative estimate of drug-likeness (QED) is 0.856. The van der Waals surface area contributed by atoms with Gasteiger partial charge in [-0.2, -0.15) is 0 Å². The summed E-state index contributed by atoms with van der Waals surface area (Å²) in [6, 6.07) is 15.3. The fraction of sp³-hybridized carbons (Fsp3) is 0.458. The lowest BCUT2D eigenvalue weighted by molar-refractivity contribution is -0.892.